The second-order valence-electron chi connectivity index (χ2n) is 6.26. The van der Waals surface area contributed by atoms with Crippen molar-refractivity contribution in [2.24, 2.45) is 0 Å². The van der Waals surface area contributed by atoms with Gasteiger partial charge in [0.25, 0.3) is 0 Å². The van der Waals surface area contributed by atoms with Crippen molar-refractivity contribution in [3.05, 3.63) is 35.9 Å². The molecule has 2 heterocycles. The zero-order valence-electron chi connectivity index (χ0n) is 14.9. The van der Waals surface area contributed by atoms with Crippen molar-refractivity contribution in [1.82, 2.24) is 5.32 Å². The zero-order valence-corrected chi connectivity index (χ0v) is 14.9. The molecule has 1 aromatic rings. The SMILES string of the molecule is COC1OC2COC(c3ccccc3)OC2C(NC(C)=O)C1OC(C)=O. The largest absolute Gasteiger partial charge is 0.455 e. The highest BCUT2D eigenvalue weighted by Gasteiger charge is 2.52. The predicted octanol–water partition coefficient (Wildman–Crippen LogP) is 0.908. The average Bonchev–Trinajstić information content (AvgIpc) is 2.63. The maximum absolute atomic E-state index is 11.7. The number of hydrogen-bond acceptors (Lipinski definition) is 7. The smallest absolute Gasteiger partial charge is 0.303 e. The molecule has 0 aromatic heterocycles. The lowest BCUT2D eigenvalue weighted by Crippen LogP contribution is -2.67. The van der Waals surface area contributed by atoms with Crippen molar-refractivity contribution >= 4 is 11.9 Å². The topological polar surface area (TPSA) is 92.3 Å². The van der Waals surface area contributed by atoms with E-state index < -0.39 is 42.9 Å². The molecule has 0 spiro atoms. The van der Waals surface area contributed by atoms with Crippen LogP contribution in [0.1, 0.15) is 25.7 Å². The Bertz CT molecular complexity index is 638. The molecular formula is C18H23NO7. The van der Waals surface area contributed by atoms with E-state index in [-0.39, 0.29) is 12.5 Å². The first-order chi connectivity index (χ1) is 12.5. The van der Waals surface area contributed by atoms with Gasteiger partial charge in [0, 0.05) is 26.5 Å². The van der Waals surface area contributed by atoms with E-state index in [1.807, 2.05) is 30.3 Å². The molecular weight excluding hydrogens is 342 g/mol. The van der Waals surface area contributed by atoms with Crippen molar-refractivity contribution in [2.45, 2.75) is 50.8 Å². The van der Waals surface area contributed by atoms with Crippen LogP contribution in [0.15, 0.2) is 30.3 Å². The molecule has 0 saturated carbocycles. The number of hydrogen-bond donors (Lipinski definition) is 1. The first-order valence-electron chi connectivity index (χ1n) is 8.44. The van der Waals surface area contributed by atoms with Crippen molar-refractivity contribution in [3.8, 4) is 0 Å². The van der Waals surface area contributed by atoms with Gasteiger partial charge in [0.05, 0.1) is 12.6 Å². The van der Waals surface area contributed by atoms with E-state index in [2.05, 4.69) is 5.32 Å². The number of benzene rings is 1. The van der Waals surface area contributed by atoms with E-state index in [1.165, 1.54) is 21.0 Å². The molecule has 2 aliphatic rings. The van der Waals surface area contributed by atoms with Gasteiger partial charge in [-0.3, -0.25) is 9.59 Å². The summed E-state index contributed by atoms with van der Waals surface area (Å²) in [5.41, 5.74) is 0.852. The lowest BCUT2D eigenvalue weighted by molar-refractivity contribution is -0.341. The lowest BCUT2D eigenvalue weighted by Gasteiger charge is -2.48. The summed E-state index contributed by atoms with van der Waals surface area (Å²) in [4.78, 5) is 23.3. The molecule has 1 amide bonds. The summed E-state index contributed by atoms with van der Waals surface area (Å²) in [5.74, 6) is -0.768. The predicted molar refractivity (Wildman–Crippen MR) is 88.8 cm³/mol. The van der Waals surface area contributed by atoms with Gasteiger partial charge in [-0.25, -0.2) is 0 Å². The van der Waals surface area contributed by atoms with Crippen molar-refractivity contribution in [2.75, 3.05) is 13.7 Å². The van der Waals surface area contributed by atoms with E-state index in [0.717, 1.165) is 5.56 Å². The van der Waals surface area contributed by atoms with Crippen LogP contribution >= 0.6 is 0 Å². The van der Waals surface area contributed by atoms with Crippen LogP contribution in [0.4, 0.5) is 0 Å². The standard InChI is InChI=1S/C18H23NO7/c1-10(20)19-14-15-13(25-18(22-3)16(14)24-11(2)21)9-23-17(26-15)12-7-5-4-6-8-12/h4-8,13-18H,9H2,1-3H3,(H,19,20). The number of esters is 1. The second kappa shape index (κ2) is 8.13. The molecule has 0 radical (unpaired) electrons. The Labute approximate surface area is 151 Å². The minimum absolute atomic E-state index is 0.257. The van der Waals surface area contributed by atoms with E-state index in [9.17, 15) is 9.59 Å². The van der Waals surface area contributed by atoms with Crippen LogP contribution in [-0.2, 0) is 33.3 Å². The van der Waals surface area contributed by atoms with Crippen molar-refractivity contribution in [1.29, 1.82) is 0 Å². The summed E-state index contributed by atoms with van der Waals surface area (Å²) < 4.78 is 28.4. The van der Waals surface area contributed by atoms with Crippen LogP contribution in [0.25, 0.3) is 0 Å². The Hall–Kier alpha value is -2.00. The molecule has 2 aliphatic heterocycles. The van der Waals surface area contributed by atoms with E-state index >= 15 is 0 Å². The minimum Gasteiger partial charge on any atom is -0.455 e. The molecule has 1 N–H and O–H groups in total. The summed E-state index contributed by atoms with van der Waals surface area (Å²) in [5, 5.41) is 2.82. The fraction of sp³-hybridized carbons (Fsp3) is 0.556. The molecule has 8 nitrogen and oxygen atoms in total. The van der Waals surface area contributed by atoms with Gasteiger partial charge in [0.1, 0.15) is 12.2 Å². The van der Waals surface area contributed by atoms with Crippen LogP contribution < -0.4 is 5.32 Å². The first kappa shape index (κ1) is 18.8. The summed E-state index contributed by atoms with van der Waals surface area (Å²) in [6.07, 6.45) is -3.30. The molecule has 3 rings (SSSR count). The fourth-order valence-electron chi connectivity index (χ4n) is 3.28. The first-order valence-corrected chi connectivity index (χ1v) is 8.44. The minimum atomic E-state index is -0.836. The number of fused-ring (bicyclic) bond motifs is 1. The summed E-state index contributed by atoms with van der Waals surface area (Å²) >= 11 is 0. The number of rotatable bonds is 4. The van der Waals surface area contributed by atoms with Crippen LogP contribution in [0.5, 0.6) is 0 Å². The van der Waals surface area contributed by atoms with Gasteiger partial charge >= 0.3 is 5.97 Å². The Morgan fingerprint density at radius 3 is 2.50 bits per heavy atom. The molecule has 6 unspecified atom stereocenters. The Morgan fingerprint density at radius 2 is 1.88 bits per heavy atom. The van der Waals surface area contributed by atoms with E-state index in [0.29, 0.717) is 0 Å². The lowest BCUT2D eigenvalue weighted by atomic mass is 9.94. The number of ether oxygens (including phenoxy) is 5. The van der Waals surface area contributed by atoms with E-state index in [1.54, 1.807) is 0 Å². The van der Waals surface area contributed by atoms with Gasteiger partial charge in [-0.15, -0.1) is 0 Å². The van der Waals surface area contributed by atoms with Crippen molar-refractivity contribution in [3.63, 3.8) is 0 Å². The highest BCUT2D eigenvalue weighted by Crippen LogP contribution is 2.35. The molecule has 8 heteroatoms. The summed E-state index contributed by atoms with van der Waals surface area (Å²) in [7, 11) is 1.45. The van der Waals surface area contributed by atoms with Crippen LogP contribution in [0.2, 0.25) is 0 Å². The van der Waals surface area contributed by atoms with Gasteiger partial charge in [0.2, 0.25) is 5.91 Å². The highest BCUT2D eigenvalue weighted by molar-refractivity contribution is 5.73. The van der Waals surface area contributed by atoms with Crippen LogP contribution in [0, 0.1) is 0 Å². The highest BCUT2D eigenvalue weighted by atomic mass is 16.8. The Morgan fingerprint density at radius 1 is 1.15 bits per heavy atom. The summed E-state index contributed by atoms with van der Waals surface area (Å²) in [6, 6.07) is 8.83. The van der Waals surface area contributed by atoms with Crippen molar-refractivity contribution < 1.29 is 33.3 Å². The number of nitrogens with one attached hydrogen (secondary N) is 1. The van der Waals surface area contributed by atoms with Gasteiger partial charge < -0.3 is 29.0 Å². The molecule has 26 heavy (non-hydrogen) atoms. The quantitative estimate of drug-likeness (QED) is 0.793. The Kier molecular flexibility index (Phi) is 5.87. The average molecular weight is 365 g/mol. The number of amides is 1. The molecule has 1 aromatic carbocycles. The van der Waals surface area contributed by atoms with Gasteiger partial charge in [-0.2, -0.15) is 0 Å². The summed E-state index contributed by atoms with van der Waals surface area (Å²) in [6.45, 7) is 2.94. The molecule has 0 aliphatic carbocycles. The molecule has 2 saturated heterocycles. The molecule has 0 bridgehead atoms. The van der Waals surface area contributed by atoms with Gasteiger partial charge in [-0.1, -0.05) is 30.3 Å². The normalized spacial score (nSPS) is 33.8. The van der Waals surface area contributed by atoms with E-state index in [4.69, 9.17) is 23.7 Å². The maximum Gasteiger partial charge on any atom is 0.303 e. The number of methoxy groups -OCH3 is 1. The molecule has 2 fully saturated rings. The van der Waals surface area contributed by atoms with Gasteiger partial charge in [-0.05, 0) is 0 Å². The zero-order chi connectivity index (χ0) is 18.7. The Balaban J connectivity index is 1.86. The maximum atomic E-state index is 11.7. The number of carbonyl (C=O) groups excluding carboxylic acids is 2. The third-order valence-electron chi connectivity index (χ3n) is 4.32. The molecule has 6 atom stereocenters. The monoisotopic (exact) mass is 365 g/mol. The fourth-order valence-corrected chi connectivity index (χ4v) is 3.28. The van der Waals surface area contributed by atoms with Crippen LogP contribution in [-0.4, -0.2) is 56.2 Å². The third kappa shape index (κ3) is 4.04. The third-order valence-corrected chi connectivity index (χ3v) is 4.32. The van der Waals surface area contributed by atoms with Crippen LogP contribution in [0.3, 0.4) is 0 Å². The number of carbonyl (C=O) groups is 2. The second-order valence-corrected chi connectivity index (χ2v) is 6.26. The molecule has 142 valence electrons. The van der Waals surface area contributed by atoms with Gasteiger partial charge in [0.15, 0.2) is 18.7 Å².